The number of nitrogens with zero attached hydrogens (tertiary/aromatic N) is 1. The van der Waals surface area contributed by atoms with Gasteiger partial charge in [0.25, 0.3) is 0 Å². The summed E-state index contributed by atoms with van der Waals surface area (Å²) in [5.41, 5.74) is -1.12. The molecule has 0 radical (unpaired) electrons. The van der Waals surface area contributed by atoms with Gasteiger partial charge in [0.15, 0.2) is 0 Å². The molecule has 0 aromatic heterocycles. The average Bonchev–Trinajstić information content (AvgIpc) is 2.22. The maximum absolute atomic E-state index is 12.3. The van der Waals surface area contributed by atoms with Crippen molar-refractivity contribution in [1.29, 1.82) is 0 Å². The van der Waals surface area contributed by atoms with Crippen molar-refractivity contribution in [2.45, 2.75) is 38.6 Å². The second kappa shape index (κ2) is 5.76. The van der Waals surface area contributed by atoms with Crippen molar-refractivity contribution in [2.75, 3.05) is 19.1 Å². The lowest BCUT2D eigenvalue weighted by Crippen LogP contribution is -2.54. The first-order valence-corrected chi connectivity index (χ1v) is 7.38. The third-order valence-electron chi connectivity index (χ3n) is 3.72. The average molecular weight is 259 g/mol. The van der Waals surface area contributed by atoms with E-state index in [1.54, 1.807) is 23.7 Å². The number of carbonyl (C=O) groups excluding carboxylic acids is 1. The number of carboxylic acid groups (broad SMARTS) is 1. The molecule has 4 nitrogen and oxygen atoms in total. The molecule has 0 aliphatic heterocycles. The number of thioether (sulfide) groups is 1. The number of carbonyl (C=O) groups is 2. The standard InChI is InChI=1S/C12H21NO3S/c1-4-9(8-17-3)13(2)10(14)12(11(15)16)6-5-7-12/h9H,4-8H2,1-3H3,(H,15,16). The van der Waals surface area contributed by atoms with E-state index < -0.39 is 11.4 Å². The fourth-order valence-corrected chi connectivity index (χ4v) is 3.09. The molecule has 1 fully saturated rings. The van der Waals surface area contributed by atoms with Crippen LogP contribution in [0.5, 0.6) is 0 Å². The van der Waals surface area contributed by atoms with Gasteiger partial charge >= 0.3 is 5.97 Å². The predicted octanol–water partition coefficient (Wildman–Crippen LogP) is 1.84. The van der Waals surface area contributed by atoms with Crippen LogP contribution in [0.2, 0.25) is 0 Å². The number of rotatable bonds is 6. The summed E-state index contributed by atoms with van der Waals surface area (Å²) < 4.78 is 0. The highest BCUT2D eigenvalue weighted by molar-refractivity contribution is 7.98. The molecule has 1 atom stereocenters. The van der Waals surface area contributed by atoms with E-state index in [0.717, 1.165) is 18.6 Å². The Morgan fingerprint density at radius 3 is 2.35 bits per heavy atom. The van der Waals surface area contributed by atoms with E-state index in [0.29, 0.717) is 12.8 Å². The summed E-state index contributed by atoms with van der Waals surface area (Å²) in [6.07, 6.45) is 4.67. The zero-order valence-electron chi connectivity index (χ0n) is 10.7. The van der Waals surface area contributed by atoms with Gasteiger partial charge in [-0.2, -0.15) is 11.8 Å². The number of carboxylic acids is 1. The normalized spacial score (nSPS) is 19.2. The Hall–Kier alpha value is -0.710. The minimum absolute atomic E-state index is 0.134. The first kappa shape index (κ1) is 14.4. The molecule has 17 heavy (non-hydrogen) atoms. The molecule has 1 amide bonds. The van der Waals surface area contributed by atoms with E-state index in [-0.39, 0.29) is 11.9 Å². The van der Waals surface area contributed by atoms with Crippen molar-refractivity contribution >= 4 is 23.6 Å². The zero-order valence-corrected chi connectivity index (χ0v) is 11.5. The maximum Gasteiger partial charge on any atom is 0.319 e. The largest absolute Gasteiger partial charge is 0.480 e. The summed E-state index contributed by atoms with van der Waals surface area (Å²) in [6.45, 7) is 2.03. The fraction of sp³-hybridized carbons (Fsp3) is 0.833. The van der Waals surface area contributed by atoms with Gasteiger partial charge in [0.1, 0.15) is 5.41 Å². The van der Waals surface area contributed by atoms with E-state index >= 15 is 0 Å². The topological polar surface area (TPSA) is 57.6 Å². The van der Waals surface area contributed by atoms with Gasteiger partial charge in [-0.25, -0.2) is 0 Å². The smallest absolute Gasteiger partial charge is 0.319 e. The van der Waals surface area contributed by atoms with Crippen LogP contribution in [0.3, 0.4) is 0 Å². The van der Waals surface area contributed by atoms with Crippen molar-refractivity contribution in [2.24, 2.45) is 5.41 Å². The number of hydrogen-bond acceptors (Lipinski definition) is 3. The summed E-state index contributed by atoms with van der Waals surface area (Å²) in [5, 5.41) is 9.23. The van der Waals surface area contributed by atoms with Gasteiger partial charge < -0.3 is 10.0 Å². The number of hydrogen-bond donors (Lipinski definition) is 1. The summed E-state index contributed by atoms with van der Waals surface area (Å²) in [7, 11) is 1.73. The van der Waals surface area contributed by atoms with E-state index in [2.05, 4.69) is 0 Å². The number of aliphatic carboxylic acids is 1. The Morgan fingerprint density at radius 1 is 1.47 bits per heavy atom. The Labute approximate surface area is 107 Å². The van der Waals surface area contributed by atoms with Crippen molar-refractivity contribution in [1.82, 2.24) is 4.90 Å². The molecule has 98 valence electrons. The summed E-state index contributed by atoms with van der Waals surface area (Å²) in [4.78, 5) is 25.2. The minimum atomic E-state index is -1.12. The third kappa shape index (κ3) is 2.59. The SMILES string of the molecule is CCC(CSC)N(C)C(=O)C1(C(=O)O)CCC1. The lowest BCUT2D eigenvalue weighted by Gasteiger charge is -2.41. The summed E-state index contributed by atoms with van der Waals surface area (Å²) in [6, 6.07) is 0.134. The molecule has 1 aliphatic rings. The lowest BCUT2D eigenvalue weighted by molar-refractivity contribution is -0.167. The highest BCUT2D eigenvalue weighted by Crippen LogP contribution is 2.43. The molecule has 0 heterocycles. The molecule has 0 aromatic rings. The van der Waals surface area contributed by atoms with Gasteiger partial charge in [-0.05, 0) is 25.5 Å². The van der Waals surface area contributed by atoms with Gasteiger partial charge in [0, 0.05) is 18.8 Å². The highest BCUT2D eigenvalue weighted by atomic mass is 32.2. The lowest BCUT2D eigenvalue weighted by atomic mass is 9.67. The quantitative estimate of drug-likeness (QED) is 0.739. The van der Waals surface area contributed by atoms with E-state index in [4.69, 9.17) is 0 Å². The van der Waals surface area contributed by atoms with E-state index in [1.165, 1.54) is 0 Å². The molecule has 1 rings (SSSR count). The molecule has 1 N–H and O–H groups in total. The third-order valence-corrected chi connectivity index (χ3v) is 4.44. The van der Waals surface area contributed by atoms with Crippen LogP contribution in [0.25, 0.3) is 0 Å². The first-order valence-electron chi connectivity index (χ1n) is 5.99. The maximum atomic E-state index is 12.3. The van der Waals surface area contributed by atoms with Gasteiger partial charge in [0.05, 0.1) is 0 Å². The first-order chi connectivity index (χ1) is 7.99. The van der Waals surface area contributed by atoms with Gasteiger partial charge in [-0.15, -0.1) is 0 Å². The Balaban J connectivity index is 2.77. The van der Waals surface area contributed by atoms with Gasteiger partial charge in [0.2, 0.25) is 5.91 Å². The predicted molar refractivity (Wildman–Crippen MR) is 69.2 cm³/mol. The fourth-order valence-electron chi connectivity index (χ4n) is 2.25. The Bertz CT molecular complexity index is 302. The van der Waals surface area contributed by atoms with Crippen LogP contribution in [0.1, 0.15) is 32.6 Å². The van der Waals surface area contributed by atoms with Crippen LogP contribution in [0, 0.1) is 5.41 Å². The van der Waals surface area contributed by atoms with Crippen LogP contribution >= 0.6 is 11.8 Å². The van der Waals surface area contributed by atoms with Crippen molar-refractivity contribution in [3.8, 4) is 0 Å². The molecule has 0 spiro atoms. The molecule has 0 bridgehead atoms. The Kier molecular flexibility index (Phi) is 4.86. The molecule has 5 heteroatoms. The Morgan fingerprint density at radius 2 is 2.06 bits per heavy atom. The second-order valence-corrected chi connectivity index (χ2v) is 5.58. The molecule has 1 unspecified atom stereocenters. The number of amides is 1. The molecule has 1 saturated carbocycles. The molecule has 1 aliphatic carbocycles. The van der Waals surface area contributed by atoms with E-state index in [1.807, 2.05) is 13.2 Å². The second-order valence-electron chi connectivity index (χ2n) is 4.67. The van der Waals surface area contributed by atoms with Crippen molar-refractivity contribution < 1.29 is 14.7 Å². The van der Waals surface area contributed by atoms with Crippen LogP contribution in [0.15, 0.2) is 0 Å². The van der Waals surface area contributed by atoms with Crippen LogP contribution in [-0.4, -0.2) is 47.0 Å². The van der Waals surface area contributed by atoms with Gasteiger partial charge in [-0.1, -0.05) is 13.3 Å². The monoisotopic (exact) mass is 259 g/mol. The molecular weight excluding hydrogens is 238 g/mol. The molecular formula is C12H21NO3S. The summed E-state index contributed by atoms with van der Waals surface area (Å²) in [5.74, 6) is -0.314. The van der Waals surface area contributed by atoms with E-state index in [9.17, 15) is 14.7 Å². The zero-order chi connectivity index (χ0) is 13.1. The summed E-state index contributed by atoms with van der Waals surface area (Å²) >= 11 is 1.68. The van der Waals surface area contributed by atoms with Crippen molar-refractivity contribution in [3.05, 3.63) is 0 Å². The van der Waals surface area contributed by atoms with Crippen LogP contribution < -0.4 is 0 Å². The molecule has 0 saturated heterocycles. The van der Waals surface area contributed by atoms with Crippen molar-refractivity contribution in [3.63, 3.8) is 0 Å². The van der Waals surface area contributed by atoms with Crippen LogP contribution in [0.4, 0.5) is 0 Å². The minimum Gasteiger partial charge on any atom is -0.480 e. The van der Waals surface area contributed by atoms with Crippen LogP contribution in [-0.2, 0) is 9.59 Å². The molecule has 0 aromatic carbocycles. The highest BCUT2D eigenvalue weighted by Gasteiger charge is 2.52. The van der Waals surface area contributed by atoms with Gasteiger partial charge in [-0.3, -0.25) is 9.59 Å².